The average Bonchev–Trinajstić information content (AvgIpc) is 2.40. The molecule has 0 N–H and O–H groups in total. The molecule has 2 nitrogen and oxygen atoms in total. The molecule has 2 atom stereocenters. The van der Waals surface area contributed by atoms with Crippen LogP contribution >= 0.6 is 23.2 Å². The molecule has 0 unspecified atom stereocenters. The minimum Gasteiger partial charge on any atom is -0.367 e. The normalized spacial score (nSPS) is 25.0. The number of hydrogen-bond donors (Lipinski definition) is 0. The summed E-state index contributed by atoms with van der Waals surface area (Å²) >= 11 is 12.1. The first-order valence-electron chi connectivity index (χ1n) is 6.87. The highest BCUT2D eigenvalue weighted by Gasteiger charge is 2.42. The highest BCUT2D eigenvalue weighted by molar-refractivity contribution is 6.35. The Morgan fingerprint density at radius 2 is 1.95 bits per heavy atom. The smallest absolute Gasteiger partial charge is 0.367 e. The van der Waals surface area contributed by atoms with E-state index < -0.39 is 11.9 Å². The molecule has 0 spiro atoms. The summed E-state index contributed by atoms with van der Waals surface area (Å²) in [6.07, 6.45) is 0.176. The molecule has 1 aliphatic heterocycles. The van der Waals surface area contributed by atoms with Crippen molar-refractivity contribution in [2.75, 3.05) is 6.54 Å². The van der Waals surface area contributed by atoms with Gasteiger partial charge in [-0.1, -0.05) is 29.3 Å². The van der Waals surface area contributed by atoms with Crippen LogP contribution in [0.25, 0.3) is 0 Å². The van der Waals surface area contributed by atoms with E-state index >= 15 is 0 Å². The summed E-state index contributed by atoms with van der Waals surface area (Å²) in [7, 11) is 0. The Labute approximate surface area is 136 Å². The summed E-state index contributed by atoms with van der Waals surface area (Å²) in [5.41, 5.74) is 0.176. The molecular weight excluding hydrogens is 336 g/mol. The van der Waals surface area contributed by atoms with Crippen molar-refractivity contribution in [3.63, 3.8) is 0 Å². The molecule has 1 aromatic carbocycles. The van der Waals surface area contributed by atoms with Gasteiger partial charge in [0.2, 0.25) is 0 Å². The van der Waals surface area contributed by atoms with Crippen LogP contribution in [0.1, 0.15) is 24.3 Å². The zero-order valence-electron chi connectivity index (χ0n) is 11.4. The van der Waals surface area contributed by atoms with Gasteiger partial charge in [-0.15, -0.1) is 0 Å². The van der Waals surface area contributed by atoms with Gasteiger partial charge in [0.05, 0.1) is 6.54 Å². The summed E-state index contributed by atoms with van der Waals surface area (Å²) < 4.78 is 38.4. The third kappa shape index (κ3) is 2.97. The predicted molar refractivity (Wildman–Crippen MR) is 81.6 cm³/mol. The number of hydrogen-bond acceptors (Lipinski definition) is 2. The highest BCUT2D eigenvalue weighted by atomic mass is 35.5. The maximum Gasteiger partial charge on any atom is 0.431 e. The number of rotatable bonds is 2. The summed E-state index contributed by atoms with van der Waals surface area (Å²) in [4.78, 5) is 5.15. The first-order valence-corrected chi connectivity index (χ1v) is 7.63. The minimum atomic E-state index is -4.39. The maximum atomic E-state index is 12.8. The second kappa shape index (κ2) is 5.78. The Balaban J connectivity index is 1.77. The molecule has 0 amide bonds. The van der Waals surface area contributed by atoms with Gasteiger partial charge in [0.15, 0.2) is 0 Å². The molecule has 7 heteroatoms. The third-order valence-corrected chi connectivity index (χ3v) is 4.74. The van der Waals surface area contributed by atoms with E-state index in [0.717, 1.165) is 18.4 Å². The van der Waals surface area contributed by atoms with Gasteiger partial charge < -0.3 is 4.90 Å². The van der Waals surface area contributed by atoms with E-state index in [2.05, 4.69) is 4.99 Å². The van der Waals surface area contributed by atoms with Gasteiger partial charge in [-0.25, -0.2) is 0 Å². The van der Waals surface area contributed by atoms with Gasteiger partial charge in [0.25, 0.3) is 0 Å². The topological polar surface area (TPSA) is 15.6 Å². The quantitative estimate of drug-likeness (QED) is 0.731. The highest BCUT2D eigenvalue weighted by Crippen LogP contribution is 2.44. The van der Waals surface area contributed by atoms with Crippen LogP contribution in [0.2, 0.25) is 10.0 Å². The van der Waals surface area contributed by atoms with Crippen LogP contribution < -0.4 is 0 Å². The van der Waals surface area contributed by atoms with Gasteiger partial charge in [-0.3, -0.25) is 4.99 Å². The van der Waals surface area contributed by atoms with Crippen LogP contribution in [0, 0.1) is 0 Å². The average molecular weight is 349 g/mol. The largest absolute Gasteiger partial charge is 0.431 e. The minimum absolute atomic E-state index is 0.00257. The molecule has 118 valence electrons. The van der Waals surface area contributed by atoms with E-state index in [1.807, 2.05) is 6.07 Å². The fraction of sp³-hybridized carbons (Fsp3) is 0.400. The van der Waals surface area contributed by atoms with Crippen LogP contribution in [-0.2, 0) is 0 Å². The van der Waals surface area contributed by atoms with Crippen molar-refractivity contribution in [3.05, 3.63) is 46.2 Å². The molecule has 0 aromatic heterocycles. The van der Waals surface area contributed by atoms with Crippen LogP contribution in [0.4, 0.5) is 13.2 Å². The standard InChI is InChI=1S/C15H13Cl2F3N2/c16-9-1-2-10(12(17)7-9)11-3-4-13(11)22-6-5-21-14(8-22)15(18,19)20/h1-2,5-7,11,13H,3-4,8H2/t11-,13-/m0/s1. The summed E-state index contributed by atoms with van der Waals surface area (Å²) in [5.74, 6) is 0.113. The lowest BCUT2D eigenvalue weighted by Gasteiger charge is -2.45. The monoisotopic (exact) mass is 348 g/mol. The van der Waals surface area contributed by atoms with Crippen molar-refractivity contribution >= 4 is 28.9 Å². The van der Waals surface area contributed by atoms with Crippen molar-refractivity contribution < 1.29 is 13.2 Å². The van der Waals surface area contributed by atoms with Crippen molar-refractivity contribution in [2.45, 2.75) is 31.0 Å². The number of aliphatic imine (C=N–C) groups is 1. The molecule has 22 heavy (non-hydrogen) atoms. The Kier molecular flexibility index (Phi) is 4.12. The second-order valence-corrected chi connectivity index (χ2v) is 6.30. The molecule has 3 rings (SSSR count). The van der Waals surface area contributed by atoms with Gasteiger partial charge in [0, 0.05) is 34.4 Å². The van der Waals surface area contributed by atoms with Crippen LogP contribution in [0.3, 0.4) is 0 Å². The van der Waals surface area contributed by atoms with Gasteiger partial charge >= 0.3 is 6.18 Å². The van der Waals surface area contributed by atoms with Gasteiger partial charge in [-0.05, 0) is 30.5 Å². The van der Waals surface area contributed by atoms with E-state index in [9.17, 15) is 13.2 Å². The number of halogens is 5. The Hall–Kier alpha value is -1.20. The Morgan fingerprint density at radius 3 is 2.55 bits per heavy atom. The number of benzene rings is 1. The van der Waals surface area contributed by atoms with E-state index in [-0.39, 0.29) is 18.5 Å². The molecule has 1 heterocycles. The predicted octanol–water partition coefficient (Wildman–Crippen LogP) is 5.03. The molecule has 0 saturated heterocycles. The first kappa shape index (κ1) is 15.7. The molecule has 2 aliphatic rings. The summed E-state index contributed by atoms with van der Waals surface area (Å²) in [6.45, 7) is -0.216. The zero-order valence-corrected chi connectivity index (χ0v) is 13.0. The molecule has 1 aromatic rings. The maximum absolute atomic E-state index is 12.8. The van der Waals surface area contributed by atoms with Crippen molar-refractivity contribution in [1.82, 2.24) is 4.90 Å². The zero-order chi connectivity index (χ0) is 15.9. The lowest BCUT2D eigenvalue weighted by Crippen LogP contribution is -2.48. The van der Waals surface area contributed by atoms with Crippen LogP contribution in [-0.4, -0.2) is 29.4 Å². The summed E-state index contributed by atoms with van der Waals surface area (Å²) in [6, 6.07) is 5.28. The Morgan fingerprint density at radius 1 is 1.18 bits per heavy atom. The van der Waals surface area contributed by atoms with Crippen molar-refractivity contribution in [2.24, 2.45) is 4.99 Å². The van der Waals surface area contributed by atoms with E-state index in [1.54, 1.807) is 23.2 Å². The number of nitrogens with zero attached hydrogens (tertiary/aromatic N) is 2. The Bertz CT molecular complexity index is 640. The molecule has 1 fully saturated rings. The molecule has 0 radical (unpaired) electrons. The van der Waals surface area contributed by atoms with Crippen molar-refractivity contribution in [3.8, 4) is 0 Å². The lowest BCUT2D eigenvalue weighted by molar-refractivity contribution is -0.0621. The van der Waals surface area contributed by atoms with Gasteiger partial charge in [-0.2, -0.15) is 13.2 Å². The SMILES string of the molecule is FC(F)(F)C1=NC=CN([C@H]2CC[C@H]2c2ccc(Cl)cc2Cl)C1. The second-order valence-electron chi connectivity index (χ2n) is 5.46. The molecular formula is C15H13Cl2F3N2. The van der Waals surface area contributed by atoms with Crippen molar-refractivity contribution in [1.29, 1.82) is 0 Å². The molecule has 1 aliphatic carbocycles. The van der Waals surface area contributed by atoms with E-state index in [1.165, 1.54) is 6.20 Å². The molecule has 1 saturated carbocycles. The summed E-state index contributed by atoms with van der Waals surface area (Å²) in [5, 5.41) is 1.11. The third-order valence-electron chi connectivity index (χ3n) is 4.17. The van der Waals surface area contributed by atoms with E-state index in [0.29, 0.717) is 10.0 Å². The first-order chi connectivity index (χ1) is 10.4. The lowest BCUT2D eigenvalue weighted by atomic mass is 9.74. The van der Waals surface area contributed by atoms with Crippen LogP contribution in [0.15, 0.2) is 35.6 Å². The van der Waals surface area contributed by atoms with Crippen LogP contribution in [0.5, 0.6) is 0 Å². The fourth-order valence-corrected chi connectivity index (χ4v) is 3.46. The van der Waals surface area contributed by atoms with E-state index in [4.69, 9.17) is 23.2 Å². The molecule has 0 bridgehead atoms. The fourth-order valence-electron chi connectivity index (χ4n) is 2.91. The number of alkyl halides is 3. The van der Waals surface area contributed by atoms with Gasteiger partial charge in [0.1, 0.15) is 5.71 Å².